The summed E-state index contributed by atoms with van der Waals surface area (Å²) in [6, 6.07) is 25.0. The lowest BCUT2D eigenvalue weighted by Gasteiger charge is -2.34. The van der Waals surface area contributed by atoms with E-state index in [4.69, 9.17) is 0 Å². The van der Waals surface area contributed by atoms with Crippen LogP contribution in [0.1, 0.15) is 62.7 Å². The van der Waals surface area contributed by atoms with Gasteiger partial charge in [0.1, 0.15) is 12.1 Å². The fraction of sp³-hybridized carbons (Fsp3) is 0.500. The summed E-state index contributed by atoms with van der Waals surface area (Å²) in [7, 11) is 0. The van der Waals surface area contributed by atoms with E-state index in [2.05, 4.69) is 35.8 Å². The van der Waals surface area contributed by atoms with Crippen molar-refractivity contribution in [3.8, 4) is 12.1 Å². The van der Waals surface area contributed by atoms with Gasteiger partial charge in [0.05, 0.1) is 12.1 Å². The number of hydrogen-bond acceptors (Lipinski definition) is 4. The second-order valence-electron chi connectivity index (χ2n) is 9.37. The topological polar surface area (TPSA) is 54.1 Å². The molecule has 0 N–H and O–H groups in total. The monoisotopic (exact) mass is 428 g/mol. The van der Waals surface area contributed by atoms with Crippen molar-refractivity contribution < 1.29 is 0 Å². The first kappa shape index (κ1) is 24.0. The van der Waals surface area contributed by atoms with Gasteiger partial charge in [0.25, 0.3) is 0 Å². The summed E-state index contributed by atoms with van der Waals surface area (Å²) in [6.45, 7) is 8.74. The highest BCUT2D eigenvalue weighted by Gasteiger charge is 2.25. The fourth-order valence-electron chi connectivity index (χ4n) is 4.93. The number of rotatable bonds is 4. The molecule has 2 aromatic carbocycles. The minimum atomic E-state index is -0.0658. The number of nitrogens with zero attached hydrogens (tertiary/aromatic N) is 4. The second kappa shape index (κ2) is 12.4. The van der Waals surface area contributed by atoms with Crippen LogP contribution in [-0.2, 0) is 0 Å². The van der Waals surface area contributed by atoms with E-state index in [1.54, 1.807) is 0 Å². The molecule has 4 rings (SSSR count). The van der Waals surface area contributed by atoms with Gasteiger partial charge in [-0.3, -0.25) is 9.80 Å². The molecule has 2 heterocycles. The molecule has 2 aliphatic rings. The molecule has 0 spiro atoms. The van der Waals surface area contributed by atoms with Gasteiger partial charge in [-0.15, -0.1) is 0 Å². The molecule has 4 heteroatoms. The minimum Gasteiger partial charge on any atom is -0.284 e. The lowest BCUT2D eigenvalue weighted by molar-refractivity contribution is 0.156. The number of likely N-dealkylation sites (tertiary alicyclic amines) is 2. The summed E-state index contributed by atoms with van der Waals surface area (Å²) in [4.78, 5) is 4.62. The van der Waals surface area contributed by atoms with Gasteiger partial charge in [-0.2, -0.15) is 10.5 Å². The van der Waals surface area contributed by atoms with Gasteiger partial charge in [-0.25, -0.2) is 0 Å². The number of piperidine rings is 2. The molecule has 4 atom stereocenters. The molecule has 0 bridgehead atoms. The van der Waals surface area contributed by atoms with Crippen LogP contribution in [0.25, 0.3) is 0 Å². The zero-order valence-corrected chi connectivity index (χ0v) is 19.5. The molecule has 0 saturated carbocycles. The van der Waals surface area contributed by atoms with E-state index >= 15 is 0 Å². The summed E-state index contributed by atoms with van der Waals surface area (Å²) >= 11 is 0. The number of benzene rings is 2. The van der Waals surface area contributed by atoms with Crippen LogP contribution in [-0.4, -0.2) is 36.0 Å². The lowest BCUT2D eigenvalue weighted by atomic mass is 9.97. The maximum absolute atomic E-state index is 9.33. The second-order valence-corrected chi connectivity index (χ2v) is 9.37. The Morgan fingerprint density at radius 2 is 1.06 bits per heavy atom. The van der Waals surface area contributed by atoms with Gasteiger partial charge in [0, 0.05) is 13.1 Å². The van der Waals surface area contributed by atoms with Crippen molar-refractivity contribution in [3.63, 3.8) is 0 Å². The van der Waals surface area contributed by atoms with Gasteiger partial charge in [0.15, 0.2) is 0 Å². The largest absolute Gasteiger partial charge is 0.284 e. The van der Waals surface area contributed by atoms with Crippen LogP contribution in [0.15, 0.2) is 60.7 Å². The zero-order chi connectivity index (χ0) is 22.8. The third-order valence-electron chi connectivity index (χ3n) is 6.58. The first-order valence-electron chi connectivity index (χ1n) is 12.0. The highest BCUT2D eigenvalue weighted by Crippen LogP contribution is 2.27. The first-order chi connectivity index (χ1) is 15.6. The molecule has 2 saturated heterocycles. The molecule has 0 unspecified atom stereocenters. The quantitative estimate of drug-likeness (QED) is 0.602. The lowest BCUT2D eigenvalue weighted by Crippen LogP contribution is -2.36. The first-order valence-corrected chi connectivity index (χ1v) is 12.0. The van der Waals surface area contributed by atoms with Crippen LogP contribution in [0.3, 0.4) is 0 Å². The number of nitriles is 2. The standard InChI is InChI=1S/2C14H18N2/c2*1-12-6-5-9-16(11-12)14(10-15)13-7-3-2-4-8-13/h2*2-4,7-8,12,14H,5-6,9,11H2,1H3/t12-,14+;12-,14-/m00/s1. The van der Waals surface area contributed by atoms with Gasteiger partial charge >= 0.3 is 0 Å². The smallest absolute Gasteiger partial charge is 0.123 e. The maximum Gasteiger partial charge on any atom is 0.123 e. The molecule has 4 nitrogen and oxygen atoms in total. The Hall–Kier alpha value is -2.66. The maximum atomic E-state index is 9.33. The van der Waals surface area contributed by atoms with E-state index in [0.29, 0.717) is 11.8 Å². The van der Waals surface area contributed by atoms with Crippen molar-refractivity contribution >= 4 is 0 Å². The summed E-state index contributed by atoms with van der Waals surface area (Å²) in [5, 5.41) is 18.7. The third-order valence-corrected chi connectivity index (χ3v) is 6.58. The van der Waals surface area contributed by atoms with Gasteiger partial charge in [-0.05, 0) is 61.7 Å². The van der Waals surface area contributed by atoms with Crippen molar-refractivity contribution in [1.29, 1.82) is 10.5 Å². The summed E-state index contributed by atoms with van der Waals surface area (Å²) < 4.78 is 0. The highest BCUT2D eigenvalue weighted by molar-refractivity contribution is 5.25. The average Bonchev–Trinajstić information content (AvgIpc) is 2.82. The van der Waals surface area contributed by atoms with Crippen LogP contribution >= 0.6 is 0 Å². The molecule has 168 valence electrons. The Morgan fingerprint density at radius 1 is 0.688 bits per heavy atom. The Kier molecular flexibility index (Phi) is 9.29. The minimum absolute atomic E-state index is 0.0658. The number of hydrogen-bond donors (Lipinski definition) is 0. The average molecular weight is 429 g/mol. The predicted molar refractivity (Wildman–Crippen MR) is 130 cm³/mol. The third kappa shape index (κ3) is 6.67. The van der Waals surface area contributed by atoms with E-state index in [1.807, 2.05) is 60.7 Å². The van der Waals surface area contributed by atoms with Crippen molar-refractivity contribution in [2.45, 2.75) is 51.6 Å². The summed E-state index contributed by atoms with van der Waals surface area (Å²) in [5.74, 6) is 1.43. The van der Waals surface area contributed by atoms with Crippen LogP contribution in [0.5, 0.6) is 0 Å². The Labute approximate surface area is 194 Å². The van der Waals surface area contributed by atoms with Crippen LogP contribution in [0.4, 0.5) is 0 Å². The molecule has 2 fully saturated rings. The van der Waals surface area contributed by atoms with E-state index < -0.39 is 0 Å². The summed E-state index contributed by atoms with van der Waals surface area (Å²) in [6.07, 6.45) is 5.02. The van der Waals surface area contributed by atoms with Crippen LogP contribution in [0.2, 0.25) is 0 Å². The zero-order valence-electron chi connectivity index (χ0n) is 19.5. The van der Waals surface area contributed by atoms with Crippen molar-refractivity contribution in [2.24, 2.45) is 11.8 Å². The predicted octanol–water partition coefficient (Wildman–Crippen LogP) is 5.97. The molecule has 0 aromatic heterocycles. The molecule has 0 radical (unpaired) electrons. The van der Waals surface area contributed by atoms with Gasteiger partial charge in [0.2, 0.25) is 0 Å². The Bertz CT molecular complexity index is 808. The SMILES string of the molecule is C[C@H]1CCCN([C@@H](C#N)c2ccccc2)C1.C[C@H]1CCCN([C@H](C#N)c2ccccc2)C1. The van der Waals surface area contributed by atoms with Crippen molar-refractivity contribution in [2.75, 3.05) is 26.2 Å². The molecule has 0 aliphatic carbocycles. The molecule has 2 aromatic rings. The van der Waals surface area contributed by atoms with Crippen LogP contribution in [0, 0.1) is 34.5 Å². The summed E-state index contributed by atoms with van der Waals surface area (Å²) in [5.41, 5.74) is 2.25. The van der Waals surface area contributed by atoms with Gasteiger partial charge in [-0.1, -0.05) is 74.5 Å². The van der Waals surface area contributed by atoms with Crippen LogP contribution < -0.4 is 0 Å². The normalized spacial score (nSPS) is 23.6. The van der Waals surface area contributed by atoms with Gasteiger partial charge < -0.3 is 0 Å². The molecular weight excluding hydrogens is 392 g/mol. The highest BCUT2D eigenvalue weighted by atomic mass is 15.2. The molecule has 32 heavy (non-hydrogen) atoms. The fourth-order valence-corrected chi connectivity index (χ4v) is 4.93. The molecule has 0 amide bonds. The van der Waals surface area contributed by atoms with Crippen molar-refractivity contribution in [1.82, 2.24) is 9.80 Å². The Balaban J connectivity index is 0.000000181. The molecular formula is C28H36N4. The van der Waals surface area contributed by atoms with E-state index in [0.717, 1.165) is 37.3 Å². The Morgan fingerprint density at radius 3 is 1.38 bits per heavy atom. The van der Waals surface area contributed by atoms with E-state index in [1.165, 1.54) is 25.7 Å². The van der Waals surface area contributed by atoms with Crippen molar-refractivity contribution in [3.05, 3.63) is 71.8 Å². The molecule has 2 aliphatic heterocycles. The van der Waals surface area contributed by atoms with E-state index in [-0.39, 0.29) is 12.1 Å². The van der Waals surface area contributed by atoms with E-state index in [9.17, 15) is 10.5 Å².